The van der Waals surface area contributed by atoms with Gasteiger partial charge in [-0.1, -0.05) is 13.0 Å². The van der Waals surface area contributed by atoms with E-state index in [0.717, 1.165) is 12.0 Å². The molecule has 0 amide bonds. The van der Waals surface area contributed by atoms with Crippen molar-refractivity contribution >= 4 is 6.08 Å². The molecule has 0 fully saturated rings. The number of hydrogen-bond donors (Lipinski definition) is 0. The first-order valence-corrected chi connectivity index (χ1v) is 6.01. The van der Waals surface area contributed by atoms with E-state index in [1.807, 2.05) is 26.0 Å². The van der Waals surface area contributed by atoms with E-state index in [1.54, 1.807) is 25.3 Å². The summed E-state index contributed by atoms with van der Waals surface area (Å²) in [5.41, 5.74) is 0.782. The highest BCUT2D eigenvalue weighted by Crippen LogP contribution is 2.30. The largest absolute Gasteiger partial charge is 0.493 e. The first kappa shape index (κ1) is 14.6. The van der Waals surface area contributed by atoms with Crippen LogP contribution in [0.25, 0.3) is 6.08 Å². The minimum absolute atomic E-state index is 0.0534. The van der Waals surface area contributed by atoms with E-state index >= 15 is 0 Å². The maximum atomic E-state index is 8.72. The van der Waals surface area contributed by atoms with E-state index in [1.165, 1.54) is 6.08 Å². The molecule has 0 N–H and O–H groups in total. The molecule has 0 aromatic heterocycles. The molecule has 1 unspecified atom stereocenters. The first-order valence-electron chi connectivity index (χ1n) is 6.01. The van der Waals surface area contributed by atoms with Gasteiger partial charge in [0.25, 0.3) is 0 Å². The average molecular weight is 256 g/mol. The molecule has 0 aliphatic carbocycles. The Morgan fingerprint density at radius 3 is 2.53 bits per heavy atom. The Hall–Kier alpha value is -2.46. The Kier molecular flexibility index (Phi) is 5.44. The molecule has 0 bridgehead atoms. The molecule has 0 heterocycles. The fraction of sp³-hybridized carbons (Fsp3) is 0.333. The smallest absolute Gasteiger partial charge is 0.161 e. The number of rotatable bonds is 5. The Morgan fingerprint density at radius 2 is 2.00 bits per heavy atom. The van der Waals surface area contributed by atoms with Crippen LogP contribution in [-0.4, -0.2) is 13.2 Å². The van der Waals surface area contributed by atoms with Crippen molar-refractivity contribution in [1.82, 2.24) is 0 Å². The highest BCUT2D eigenvalue weighted by Gasteiger charge is 2.08. The Labute approximate surface area is 113 Å². The highest BCUT2D eigenvalue weighted by atomic mass is 16.5. The van der Waals surface area contributed by atoms with Gasteiger partial charge in [-0.15, -0.1) is 0 Å². The monoisotopic (exact) mass is 256 g/mol. The van der Waals surface area contributed by atoms with Crippen LogP contribution < -0.4 is 9.47 Å². The van der Waals surface area contributed by atoms with Gasteiger partial charge < -0.3 is 9.47 Å². The molecular formula is C15H16N2O2. The van der Waals surface area contributed by atoms with Crippen LogP contribution in [0.5, 0.6) is 11.5 Å². The van der Waals surface area contributed by atoms with Gasteiger partial charge in [0, 0.05) is 0 Å². The van der Waals surface area contributed by atoms with Crippen molar-refractivity contribution in [3.63, 3.8) is 0 Å². The molecule has 4 heteroatoms. The third-order valence-electron chi connectivity index (χ3n) is 2.64. The van der Waals surface area contributed by atoms with Gasteiger partial charge in [0.15, 0.2) is 11.5 Å². The molecule has 0 radical (unpaired) electrons. The number of nitrogens with zero attached hydrogens (tertiary/aromatic N) is 2. The normalized spacial score (nSPS) is 10.8. The molecule has 1 aromatic rings. The summed E-state index contributed by atoms with van der Waals surface area (Å²) < 4.78 is 11.0. The summed E-state index contributed by atoms with van der Waals surface area (Å²) in [6.07, 6.45) is 2.51. The van der Waals surface area contributed by atoms with E-state index in [0.29, 0.717) is 11.5 Å². The lowest BCUT2D eigenvalue weighted by Gasteiger charge is -2.15. The number of benzene rings is 1. The Balaban J connectivity index is 3.07. The summed E-state index contributed by atoms with van der Waals surface area (Å²) >= 11 is 0. The van der Waals surface area contributed by atoms with Crippen LogP contribution in [0, 0.1) is 22.7 Å². The van der Waals surface area contributed by atoms with E-state index in [2.05, 4.69) is 0 Å². The van der Waals surface area contributed by atoms with Crippen LogP contribution in [0.2, 0.25) is 0 Å². The van der Waals surface area contributed by atoms with Gasteiger partial charge >= 0.3 is 0 Å². The zero-order valence-electron chi connectivity index (χ0n) is 11.3. The lowest BCUT2D eigenvalue weighted by Crippen LogP contribution is -2.10. The van der Waals surface area contributed by atoms with Crippen LogP contribution in [0.1, 0.15) is 25.8 Å². The lowest BCUT2D eigenvalue weighted by molar-refractivity contribution is 0.207. The lowest BCUT2D eigenvalue weighted by atomic mass is 10.1. The number of methoxy groups -OCH3 is 1. The van der Waals surface area contributed by atoms with Crippen molar-refractivity contribution in [3.8, 4) is 23.6 Å². The molecule has 4 nitrogen and oxygen atoms in total. The van der Waals surface area contributed by atoms with Crippen LogP contribution in [0.3, 0.4) is 0 Å². The molecule has 19 heavy (non-hydrogen) atoms. The second-order valence-electron chi connectivity index (χ2n) is 4.03. The molecule has 1 atom stereocenters. The fourth-order valence-corrected chi connectivity index (χ4v) is 1.43. The maximum Gasteiger partial charge on any atom is 0.161 e. The van der Waals surface area contributed by atoms with Gasteiger partial charge in [-0.05, 0) is 37.1 Å². The Morgan fingerprint density at radius 1 is 1.32 bits per heavy atom. The van der Waals surface area contributed by atoms with E-state index < -0.39 is 0 Å². The van der Waals surface area contributed by atoms with Crippen LogP contribution >= 0.6 is 0 Å². The number of nitriles is 2. The van der Waals surface area contributed by atoms with Gasteiger partial charge in [-0.25, -0.2) is 0 Å². The average Bonchev–Trinajstić information content (AvgIpc) is 2.45. The zero-order chi connectivity index (χ0) is 14.3. The second kappa shape index (κ2) is 7.08. The molecule has 0 spiro atoms. The maximum absolute atomic E-state index is 8.72. The predicted molar refractivity (Wildman–Crippen MR) is 72.6 cm³/mol. The predicted octanol–water partition coefficient (Wildman–Crippen LogP) is 3.30. The number of hydrogen-bond acceptors (Lipinski definition) is 4. The van der Waals surface area contributed by atoms with E-state index in [4.69, 9.17) is 20.0 Å². The molecule has 1 aromatic carbocycles. The first-order chi connectivity index (χ1) is 9.14. The molecule has 1 rings (SSSR count). The highest BCUT2D eigenvalue weighted by molar-refractivity contribution is 5.64. The summed E-state index contributed by atoms with van der Waals surface area (Å²) in [7, 11) is 1.56. The van der Waals surface area contributed by atoms with E-state index in [-0.39, 0.29) is 11.7 Å². The van der Waals surface area contributed by atoms with Crippen LogP contribution in [0.4, 0.5) is 0 Å². The second-order valence-corrected chi connectivity index (χ2v) is 4.03. The molecular weight excluding hydrogens is 240 g/mol. The minimum atomic E-state index is 0.0534. The summed E-state index contributed by atoms with van der Waals surface area (Å²) in [4.78, 5) is 0. The molecule has 0 aliphatic heterocycles. The minimum Gasteiger partial charge on any atom is -0.493 e. The van der Waals surface area contributed by atoms with Gasteiger partial charge in [0.05, 0.1) is 13.2 Å². The molecule has 0 aliphatic rings. The SMILES string of the molecule is CCC(C)Oc1ccc(C=C(C#N)C#N)cc1OC. The van der Waals surface area contributed by atoms with Crippen molar-refractivity contribution in [2.24, 2.45) is 0 Å². The van der Waals surface area contributed by atoms with Gasteiger partial charge in [-0.2, -0.15) is 10.5 Å². The van der Waals surface area contributed by atoms with Gasteiger partial charge in [0.2, 0.25) is 0 Å². The van der Waals surface area contributed by atoms with E-state index in [9.17, 15) is 0 Å². The van der Waals surface area contributed by atoms with Crippen molar-refractivity contribution in [2.75, 3.05) is 7.11 Å². The van der Waals surface area contributed by atoms with Crippen molar-refractivity contribution in [3.05, 3.63) is 29.3 Å². The van der Waals surface area contributed by atoms with Gasteiger partial charge in [0.1, 0.15) is 17.7 Å². The quantitative estimate of drug-likeness (QED) is 0.758. The molecule has 0 saturated heterocycles. The van der Waals surface area contributed by atoms with Gasteiger partial charge in [-0.3, -0.25) is 0 Å². The number of allylic oxidation sites excluding steroid dienone is 1. The third-order valence-corrected chi connectivity index (χ3v) is 2.64. The third kappa shape index (κ3) is 4.04. The van der Waals surface area contributed by atoms with Crippen molar-refractivity contribution < 1.29 is 9.47 Å². The van der Waals surface area contributed by atoms with Crippen molar-refractivity contribution in [2.45, 2.75) is 26.4 Å². The topological polar surface area (TPSA) is 66.0 Å². The van der Waals surface area contributed by atoms with Crippen LogP contribution in [0.15, 0.2) is 23.8 Å². The summed E-state index contributed by atoms with van der Waals surface area (Å²) in [5, 5.41) is 17.4. The summed E-state index contributed by atoms with van der Waals surface area (Å²) in [6.45, 7) is 4.02. The number of ether oxygens (including phenoxy) is 2. The van der Waals surface area contributed by atoms with Crippen molar-refractivity contribution in [1.29, 1.82) is 10.5 Å². The standard InChI is InChI=1S/C15H16N2O2/c1-4-11(2)19-14-6-5-12(8-15(14)18-3)7-13(9-16)10-17/h5-8,11H,4H2,1-3H3. The van der Waals surface area contributed by atoms with Crippen LogP contribution in [-0.2, 0) is 0 Å². The fourth-order valence-electron chi connectivity index (χ4n) is 1.43. The summed E-state index contributed by atoms with van der Waals surface area (Å²) in [6, 6.07) is 8.95. The molecule has 0 saturated carbocycles. The molecule has 98 valence electrons. The Bertz CT molecular complexity index is 534. The zero-order valence-corrected chi connectivity index (χ0v) is 11.3. The summed E-state index contributed by atoms with van der Waals surface area (Å²) in [5.74, 6) is 1.24.